The number of hydrogen-bond donors (Lipinski definition) is 1. The molecule has 2 aliphatic heterocycles. The van der Waals surface area contributed by atoms with Gasteiger partial charge in [-0.2, -0.15) is 4.98 Å². The van der Waals surface area contributed by atoms with E-state index in [2.05, 4.69) is 72.7 Å². The Hall–Kier alpha value is -1.46. The first-order valence-electron chi connectivity index (χ1n) is 15.4. The zero-order valence-electron chi connectivity index (χ0n) is 28.3. The van der Waals surface area contributed by atoms with Crippen LogP contribution in [-0.2, 0) is 31.7 Å². The van der Waals surface area contributed by atoms with Crippen LogP contribution in [-0.4, -0.2) is 57.7 Å². The number of halogens is 2. The molecule has 2 N–H and O–H groups in total. The Morgan fingerprint density at radius 2 is 1.67 bits per heavy atom. The minimum absolute atomic E-state index is 0.00948. The lowest BCUT2D eigenvalue weighted by Gasteiger charge is -2.44. The SMILES string of the molecule is CC(C)(C)[Si](C)(C)O[C@H]1[C@H](O[Si](C)(C)C(C)(C)C)[C@@H](CO[P@]2(=O)OCC[C@H](c3cc(Cl)ccc3F)O2)O[C@H]1n1ccc(N)nc1=O. The first kappa shape index (κ1) is 37.4. The van der Waals surface area contributed by atoms with Gasteiger partial charge in [0.05, 0.1) is 19.3 Å². The molecular weight excluding hydrogens is 672 g/mol. The molecule has 1 aromatic carbocycles. The topological polar surface area (TPSA) is 133 Å². The van der Waals surface area contributed by atoms with E-state index in [0.29, 0.717) is 5.02 Å². The van der Waals surface area contributed by atoms with Gasteiger partial charge in [0.25, 0.3) is 0 Å². The van der Waals surface area contributed by atoms with Crippen molar-refractivity contribution in [2.24, 2.45) is 0 Å². The average molecular weight is 720 g/mol. The number of rotatable bonds is 9. The predicted molar refractivity (Wildman–Crippen MR) is 180 cm³/mol. The molecular formula is C30H48ClFN3O8PSi2. The number of ether oxygens (including phenoxy) is 1. The van der Waals surface area contributed by atoms with Gasteiger partial charge in [-0.1, -0.05) is 53.1 Å². The lowest BCUT2D eigenvalue weighted by Crippen LogP contribution is -2.54. The molecule has 3 heterocycles. The molecule has 2 aliphatic rings. The number of aromatic nitrogens is 2. The van der Waals surface area contributed by atoms with Crippen molar-refractivity contribution in [3.8, 4) is 0 Å². The van der Waals surface area contributed by atoms with E-state index >= 15 is 0 Å². The van der Waals surface area contributed by atoms with Crippen molar-refractivity contribution in [2.45, 2.75) is 115 Å². The van der Waals surface area contributed by atoms with Crippen molar-refractivity contribution in [1.29, 1.82) is 0 Å². The summed E-state index contributed by atoms with van der Waals surface area (Å²) in [6.45, 7) is 20.9. The fourth-order valence-electron chi connectivity index (χ4n) is 4.70. The van der Waals surface area contributed by atoms with Crippen LogP contribution in [0.1, 0.15) is 65.9 Å². The quantitative estimate of drug-likeness (QED) is 0.204. The van der Waals surface area contributed by atoms with Crippen molar-refractivity contribution in [3.05, 3.63) is 57.3 Å². The van der Waals surface area contributed by atoms with Crippen LogP contribution in [0.3, 0.4) is 0 Å². The Morgan fingerprint density at radius 3 is 2.26 bits per heavy atom. The van der Waals surface area contributed by atoms with E-state index in [9.17, 15) is 13.8 Å². The first-order chi connectivity index (χ1) is 21.0. The molecule has 0 aliphatic carbocycles. The molecule has 0 radical (unpaired) electrons. The van der Waals surface area contributed by atoms with Gasteiger partial charge in [-0.3, -0.25) is 18.1 Å². The van der Waals surface area contributed by atoms with Crippen LogP contribution in [0.5, 0.6) is 0 Å². The molecule has 2 fully saturated rings. The van der Waals surface area contributed by atoms with Crippen LogP contribution in [0.2, 0.25) is 41.3 Å². The third kappa shape index (κ3) is 8.21. The molecule has 11 nitrogen and oxygen atoms in total. The highest BCUT2D eigenvalue weighted by Crippen LogP contribution is 2.58. The standard InChI is InChI=1S/C30H48ClFN3O8PSi2/c1-29(2,3)45(7,8)42-25-23(18-39-44(37)38-16-14-22(41-44)20-17-19(31)11-12-21(20)32)40-27(35-15-13-24(33)34-28(35)36)26(25)43-46(9,10)30(4,5)6/h11-13,15,17,22-23,25-27H,14,16,18H2,1-10H3,(H2,33,34,36)/t22-,23-,25-,26+,27-,44+/m1/s1. The molecule has 0 amide bonds. The molecule has 1 aromatic heterocycles. The molecule has 0 spiro atoms. The van der Waals surface area contributed by atoms with E-state index < -0.39 is 66.6 Å². The number of benzene rings is 1. The van der Waals surface area contributed by atoms with E-state index in [4.69, 9.17) is 44.5 Å². The number of phosphoric acid groups is 1. The highest BCUT2D eigenvalue weighted by Gasteiger charge is 2.55. The number of anilines is 1. The third-order valence-electron chi connectivity index (χ3n) is 9.47. The van der Waals surface area contributed by atoms with Gasteiger partial charge in [0.15, 0.2) is 22.9 Å². The summed E-state index contributed by atoms with van der Waals surface area (Å²) < 4.78 is 67.5. The van der Waals surface area contributed by atoms with Crippen molar-refractivity contribution >= 4 is 41.9 Å². The van der Waals surface area contributed by atoms with E-state index in [-0.39, 0.29) is 41.1 Å². The van der Waals surface area contributed by atoms with E-state index in [1.165, 1.54) is 35.0 Å². The molecule has 6 atom stereocenters. The van der Waals surface area contributed by atoms with Crippen molar-refractivity contribution < 1.29 is 36.1 Å². The number of nitrogens with two attached hydrogens (primary N) is 1. The van der Waals surface area contributed by atoms with Crippen LogP contribution in [0.4, 0.5) is 10.2 Å². The summed E-state index contributed by atoms with van der Waals surface area (Å²) in [7, 11) is -9.17. The molecule has 4 rings (SSSR count). The van der Waals surface area contributed by atoms with Gasteiger partial charge < -0.3 is 19.3 Å². The molecule has 16 heteroatoms. The van der Waals surface area contributed by atoms with Crippen molar-refractivity contribution in [1.82, 2.24) is 9.55 Å². The highest BCUT2D eigenvalue weighted by atomic mass is 35.5. The van der Waals surface area contributed by atoms with Gasteiger partial charge in [0, 0.05) is 23.2 Å². The molecule has 258 valence electrons. The van der Waals surface area contributed by atoms with Gasteiger partial charge in [-0.25, -0.2) is 13.8 Å². The monoisotopic (exact) mass is 719 g/mol. The molecule has 2 aromatic rings. The summed E-state index contributed by atoms with van der Waals surface area (Å²) in [5.74, 6) is -0.466. The molecule has 0 saturated carbocycles. The zero-order chi connectivity index (χ0) is 34.5. The second-order valence-electron chi connectivity index (χ2n) is 14.9. The van der Waals surface area contributed by atoms with Gasteiger partial charge >= 0.3 is 13.5 Å². The van der Waals surface area contributed by atoms with Crippen LogP contribution >= 0.6 is 19.4 Å². The van der Waals surface area contributed by atoms with Gasteiger partial charge in [-0.15, -0.1) is 0 Å². The first-order valence-corrected chi connectivity index (χ1v) is 23.1. The van der Waals surface area contributed by atoms with Crippen LogP contribution in [0, 0.1) is 5.82 Å². The van der Waals surface area contributed by atoms with Crippen molar-refractivity contribution in [2.75, 3.05) is 18.9 Å². The Balaban J connectivity index is 1.70. The third-order valence-corrected chi connectivity index (χ3v) is 20.1. The number of nitrogens with zero attached hydrogens (tertiary/aromatic N) is 2. The Bertz CT molecular complexity index is 1520. The maximum absolute atomic E-state index is 14.7. The lowest BCUT2D eigenvalue weighted by atomic mass is 10.1. The number of hydrogen-bond acceptors (Lipinski definition) is 10. The summed E-state index contributed by atoms with van der Waals surface area (Å²) in [5, 5.41) is -0.0518. The van der Waals surface area contributed by atoms with Crippen LogP contribution in [0.15, 0.2) is 35.3 Å². The maximum atomic E-state index is 14.7. The van der Waals surface area contributed by atoms with E-state index in [0.717, 1.165) is 0 Å². The van der Waals surface area contributed by atoms with Gasteiger partial charge in [0.1, 0.15) is 29.9 Å². The van der Waals surface area contributed by atoms with Crippen molar-refractivity contribution in [3.63, 3.8) is 0 Å². The summed E-state index contributed by atoms with van der Waals surface area (Å²) in [6, 6.07) is 5.61. The summed E-state index contributed by atoms with van der Waals surface area (Å²) in [5.41, 5.74) is 5.35. The normalized spacial score (nSPS) is 28.0. The predicted octanol–water partition coefficient (Wildman–Crippen LogP) is 7.60. The Kier molecular flexibility index (Phi) is 10.9. The molecule has 0 bridgehead atoms. The average Bonchev–Trinajstić information content (AvgIpc) is 3.23. The Labute approximate surface area is 278 Å². The molecule has 0 unspecified atom stereocenters. The van der Waals surface area contributed by atoms with Gasteiger partial charge in [0.2, 0.25) is 0 Å². The van der Waals surface area contributed by atoms with E-state index in [1.54, 1.807) is 0 Å². The smallest absolute Gasteiger partial charge is 0.408 e. The zero-order valence-corrected chi connectivity index (χ0v) is 32.0. The second-order valence-corrected chi connectivity index (χ2v) is 26.5. The fourth-order valence-corrected chi connectivity index (χ4v) is 8.87. The second kappa shape index (κ2) is 13.5. The minimum atomic E-state index is -4.19. The molecule has 46 heavy (non-hydrogen) atoms. The Morgan fingerprint density at radius 1 is 1.07 bits per heavy atom. The van der Waals surface area contributed by atoms with Crippen LogP contribution < -0.4 is 11.4 Å². The summed E-state index contributed by atoms with van der Waals surface area (Å²) in [4.78, 5) is 17.0. The summed E-state index contributed by atoms with van der Waals surface area (Å²) in [6.07, 6.45) is -2.44. The number of phosphoric ester groups is 1. The lowest BCUT2D eigenvalue weighted by molar-refractivity contribution is -0.0593. The molecule has 2 saturated heterocycles. The number of nitrogen functional groups attached to an aromatic ring is 1. The maximum Gasteiger partial charge on any atom is 0.475 e. The fraction of sp³-hybridized carbons (Fsp3) is 0.667. The highest BCUT2D eigenvalue weighted by molar-refractivity contribution is 7.48. The summed E-state index contributed by atoms with van der Waals surface area (Å²) >= 11 is 6.10. The van der Waals surface area contributed by atoms with Gasteiger partial charge in [-0.05, 0) is 60.5 Å². The van der Waals surface area contributed by atoms with Crippen LogP contribution in [0.25, 0.3) is 0 Å². The largest absolute Gasteiger partial charge is 0.475 e. The van der Waals surface area contributed by atoms with E-state index in [1.807, 2.05) is 0 Å². The minimum Gasteiger partial charge on any atom is -0.408 e.